The molecule has 0 radical (unpaired) electrons. The van der Waals surface area contributed by atoms with E-state index in [4.69, 9.17) is 11.6 Å². The summed E-state index contributed by atoms with van der Waals surface area (Å²) in [6, 6.07) is 3.50. The molecule has 0 spiro atoms. The van der Waals surface area contributed by atoms with Gasteiger partial charge in [0.25, 0.3) is 5.69 Å². The summed E-state index contributed by atoms with van der Waals surface area (Å²) in [5.74, 6) is 0. The van der Waals surface area contributed by atoms with E-state index >= 15 is 0 Å². The third-order valence-electron chi connectivity index (χ3n) is 3.46. The SMILES string of the molecule is CC1CCCCN1S(=O)(=O)c1ccc(Cl)c([N+](=O)[O-])c1. The molecule has 1 unspecified atom stereocenters. The molecule has 0 aromatic heterocycles. The van der Waals surface area contributed by atoms with Crippen LogP contribution in [0, 0.1) is 10.1 Å². The van der Waals surface area contributed by atoms with Crippen molar-refractivity contribution in [2.24, 2.45) is 0 Å². The summed E-state index contributed by atoms with van der Waals surface area (Å²) >= 11 is 5.71. The number of benzene rings is 1. The van der Waals surface area contributed by atoms with Gasteiger partial charge in [-0.05, 0) is 31.9 Å². The number of nitro benzene ring substituents is 1. The average molecular weight is 319 g/mol. The van der Waals surface area contributed by atoms with Gasteiger partial charge in [-0.3, -0.25) is 10.1 Å². The van der Waals surface area contributed by atoms with E-state index in [1.807, 2.05) is 6.92 Å². The monoisotopic (exact) mass is 318 g/mol. The molecule has 6 nitrogen and oxygen atoms in total. The van der Waals surface area contributed by atoms with Crippen LogP contribution in [0.4, 0.5) is 5.69 Å². The van der Waals surface area contributed by atoms with Crippen LogP contribution in [0.3, 0.4) is 0 Å². The fourth-order valence-corrected chi connectivity index (χ4v) is 4.26. The summed E-state index contributed by atoms with van der Waals surface area (Å²) in [6.45, 7) is 2.29. The first-order valence-electron chi connectivity index (χ1n) is 6.30. The molecular formula is C12H15ClN2O4S. The minimum atomic E-state index is -3.71. The number of rotatable bonds is 3. The van der Waals surface area contributed by atoms with E-state index in [9.17, 15) is 18.5 Å². The lowest BCUT2D eigenvalue weighted by atomic mass is 10.1. The number of nitro groups is 1. The first kappa shape index (κ1) is 15.2. The lowest BCUT2D eigenvalue weighted by Gasteiger charge is -2.32. The Morgan fingerprint density at radius 2 is 2.10 bits per heavy atom. The normalized spacial score (nSPS) is 20.8. The molecule has 0 N–H and O–H groups in total. The molecule has 1 aliphatic heterocycles. The zero-order valence-corrected chi connectivity index (χ0v) is 12.5. The van der Waals surface area contributed by atoms with Gasteiger partial charge in [-0.15, -0.1) is 0 Å². The maximum atomic E-state index is 12.5. The van der Waals surface area contributed by atoms with E-state index in [2.05, 4.69) is 0 Å². The highest BCUT2D eigenvalue weighted by Gasteiger charge is 2.32. The lowest BCUT2D eigenvalue weighted by Crippen LogP contribution is -2.41. The van der Waals surface area contributed by atoms with Crippen LogP contribution in [-0.2, 0) is 10.0 Å². The molecular weight excluding hydrogens is 304 g/mol. The van der Waals surface area contributed by atoms with Gasteiger partial charge in [-0.2, -0.15) is 4.31 Å². The van der Waals surface area contributed by atoms with Gasteiger partial charge in [-0.1, -0.05) is 18.0 Å². The fraction of sp³-hybridized carbons (Fsp3) is 0.500. The number of sulfonamides is 1. The highest BCUT2D eigenvalue weighted by molar-refractivity contribution is 7.89. The zero-order chi connectivity index (χ0) is 14.9. The van der Waals surface area contributed by atoms with Gasteiger partial charge in [0.1, 0.15) is 5.02 Å². The molecule has 1 aromatic carbocycles. The van der Waals surface area contributed by atoms with Gasteiger partial charge in [0.05, 0.1) is 9.82 Å². The van der Waals surface area contributed by atoms with Crippen LogP contribution >= 0.6 is 11.6 Å². The summed E-state index contributed by atoms with van der Waals surface area (Å²) in [7, 11) is -3.71. The second-order valence-electron chi connectivity index (χ2n) is 4.83. The standard InChI is InChI=1S/C12H15ClN2O4S/c1-9-4-2-3-7-14(9)20(18,19)10-5-6-11(13)12(8-10)15(16)17/h5-6,8-9H,2-4,7H2,1H3. The minimum absolute atomic E-state index is 0.0688. The van der Waals surface area contributed by atoms with E-state index < -0.39 is 20.6 Å². The Kier molecular flexibility index (Phi) is 4.31. The maximum absolute atomic E-state index is 12.5. The second kappa shape index (κ2) is 5.67. The van der Waals surface area contributed by atoms with Crippen LogP contribution < -0.4 is 0 Å². The van der Waals surface area contributed by atoms with Crippen LogP contribution in [0.15, 0.2) is 23.1 Å². The Bertz CT molecular complexity index is 632. The quantitative estimate of drug-likeness (QED) is 0.634. The first-order chi connectivity index (χ1) is 9.34. The van der Waals surface area contributed by atoms with Crippen molar-refractivity contribution >= 4 is 27.3 Å². The van der Waals surface area contributed by atoms with Gasteiger partial charge in [0.15, 0.2) is 0 Å². The summed E-state index contributed by atoms with van der Waals surface area (Å²) < 4.78 is 26.5. The van der Waals surface area contributed by atoms with Gasteiger partial charge in [-0.25, -0.2) is 8.42 Å². The van der Waals surface area contributed by atoms with Crippen molar-refractivity contribution in [1.29, 1.82) is 0 Å². The van der Waals surface area contributed by atoms with Crippen LogP contribution in [0.1, 0.15) is 26.2 Å². The predicted molar refractivity (Wildman–Crippen MR) is 75.3 cm³/mol. The zero-order valence-electron chi connectivity index (χ0n) is 11.0. The molecule has 1 heterocycles. The Morgan fingerprint density at radius 1 is 1.40 bits per heavy atom. The highest BCUT2D eigenvalue weighted by Crippen LogP contribution is 2.30. The topological polar surface area (TPSA) is 80.5 Å². The number of nitrogens with zero attached hydrogens (tertiary/aromatic N) is 2. The number of piperidine rings is 1. The van der Waals surface area contributed by atoms with Crippen molar-refractivity contribution in [3.8, 4) is 0 Å². The average Bonchev–Trinajstić information content (AvgIpc) is 2.38. The van der Waals surface area contributed by atoms with Crippen molar-refractivity contribution in [2.75, 3.05) is 6.54 Å². The molecule has 8 heteroatoms. The van der Waals surface area contributed by atoms with Gasteiger partial charge < -0.3 is 0 Å². The number of hydrogen-bond donors (Lipinski definition) is 0. The summed E-state index contributed by atoms with van der Waals surface area (Å²) in [4.78, 5) is 10.1. The molecule has 1 atom stereocenters. The first-order valence-corrected chi connectivity index (χ1v) is 8.11. The Balaban J connectivity index is 2.44. The summed E-state index contributed by atoms with van der Waals surface area (Å²) in [5.41, 5.74) is -0.391. The van der Waals surface area contributed by atoms with E-state index in [0.717, 1.165) is 25.3 Å². The van der Waals surface area contributed by atoms with Crippen LogP contribution in [0.5, 0.6) is 0 Å². The molecule has 20 heavy (non-hydrogen) atoms. The number of hydrogen-bond acceptors (Lipinski definition) is 4. The van der Waals surface area contributed by atoms with Crippen molar-refractivity contribution in [3.63, 3.8) is 0 Å². The Morgan fingerprint density at radius 3 is 2.70 bits per heavy atom. The molecule has 110 valence electrons. The summed E-state index contributed by atoms with van der Waals surface area (Å²) in [5, 5.41) is 10.8. The van der Waals surface area contributed by atoms with Gasteiger partial charge in [0.2, 0.25) is 10.0 Å². The molecule has 0 saturated carbocycles. The van der Waals surface area contributed by atoms with E-state index in [0.29, 0.717) is 6.54 Å². The Hall–Kier alpha value is -1.18. The molecule has 2 rings (SSSR count). The molecule has 1 aliphatic rings. The van der Waals surface area contributed by atoms with Crippen LogP contribution in [0.25, 0.3) is 0 Å². The van der Waals surface area contributed by atoms with E-state index in [-0.39, 0.29) is 16.0 Å². The molecule has 1 aromatic rings. The van der Waals surface area contributed by atoms with Gasteiger partial charge >= 0.3 is 0 Å². The largest absolute Gasteiger partial charge is 0.289 e. The van der Waals surface area contributed by atoms with E-state index in [1.54, 1.807) is 0 Å². The molecule has 0 bridgehead atoms. The van der Waals surface area contributed by atoms with Crippen LogP contribution in [0.2, 0.25) is 5.02 Å². The molecule has 0 amide bonds. The third kappa shape index (κ3) is 2.79. The van der Waals surface area contributed by atoms with Crippen molar-refractivity contribution in [2.45, 2.75) is 37.1 Å². The van der Waals surface area contributed by atoms with Crippen LogP contribution in [-0.4, -0.2) is 30.2 Å². The summed E-state index contributed by atoms with van der Waals surface area (Å²) in [6.07, 6.45) is 2.60. The maximum Gasteiger partial charge on any atom is 0.289 e. The smallest absolute Gasteiger partial charge is 0.258 e. The molecule has 1 fully saturated rings. The fourth-order valence-electron chi connectivity index (χ4n) is 2.36. The third-order valence-corrected chi connectivity index (χ3v) is 5.79. The second-order valence-corrected chi connectivity index (χ2v) is 7.13. The van der Waals surface area contributed by atoms with Gasteiger partial charge in [0, 0.05) is 18.7 Å². The van der Waals surface area contributed by atoms with Crippen molar-refractivity contribution in [1.82, 2.24) is 4.31 Å². The number of halogens is 1. The van der Waals surface area contributed by atoms with E-state index in [1.165, 1.54) is 16.4 Å². The van der Waals surface area contributed by atoms with Crippen molar-refractivity contribution < 1.29 is 13.3 Å². The van der Waals surface area contributed by atoms with Crippen molar-refractivity contribution in [3.05, 3.63) is 33.3 Å². The highest BCUT2D eigenvalue weighted by atomic mass is 35.5. The minimum Gasteiger partial charge on any atom is -0.258 e. The Labute approximate surface area is 122 Å². The predicted octanol–water partition coefficient (Wildman–Crippen LogP) is 2.81. The molecule has 0 aliphatic carbocycles. The molecule has 1 saturated heterocycles. The lowest BCUT2D eigenvalue weighted by molar-refractivity contribution is -0.384.